The van der Waals surface area contributed by atoms with E-state index in [-0.39, 0.29) is 5.82 Å². The predicted octanol–water partition coefficient (Wildman–Crippen LogP) is 1.62. The summed E-state index contributed by atoms with van der Waals surface area (Å²) in [4.78, 5) is 13.1. The van der Waals surface area contributed by atoms with E-state index in [1.165, 1.54) is 12.1 Å². The normalized spacial score (nSPS) is 10.9. The third kappa shape index (κ3) is 2.82. The van der Waals surface area contributed by atoms with Crippen LogP contribution in [0.4, 0.5) is 21.8 Å². The van der Waals surface area contributed by atoms with Crippen molar-refractivity contribution in [1.29, 1.82) is 0 Å². The van der Waals surface area contributed by atoms with Crippen LogP contribution in [-0.4, -0.2) is 32.6 Å². The molecule has 0 saturated carbocycles. The highest BCUT2D eigenvalue weighted by atomic mass is 19.1. The summed E-state index contributed by atoms with van der Waals surface area (Å²) >= 11 is 0. The lowest BCUT2D eigenvalue weighted by molar-refractivity contribution is 0.628. The van der Waals surface area contributed by atoms with E-state index in [1.54, 1.807) is 23.0 Å². The van der Waals surface area contributed by atoms with Gasteiger partial charge in [0.1, 0.15) is 5.82 Å². The van der Waals surface area contributed by atoms with Gasteiger partial charge in [-0.15, -0.1) is 0 Å². The Morgan fingerprint density at radius 1 is 1.23 bits per heavy atom. The van der Waals surface area contributed by atoms with E-state index in [0.29, 0.717) is 36.0 Å². The molecule has 0 aliphatic heterocycles. The van der Waals surface area contributed by atoms with Crippen molar-refractivity contribution < 1.29 is 4.39 Å². The zero-order valence-corrected chi connectivity index (χ0v) is 12.0. The summed E-state index contributed by atoms with van der Waals surface area (Å²) in [5, 5.41) is 6.19. The van der Waals surface area contributed by atoms with Crippen LogP contribution < -0.4 is 16.4 Å². The van der Waals surface area contributed by atoms with Gasteiger partial charge < -0.3 is 20.9 Å². The van der Waals surface area contributed by atoms with Crippen LogP contribution in [0.15, 0.2) is 30.6 Å². The van der Waals surface area contributed by atoms with Crippen molar-refractivity contribution >= 4 is 28.6 Å². The number of nitrogens with two attached hydrogens (primary N) is 1. The smallest absolute Gasteiger partial charge is 0.226 e. The third-order valence-corrected chi connectivity index (χ3v) is 3.09. The first-order chi connectivity index (χ1) is 10.7. The van der Waals surface area contributed by atoms with Crippen molar-refractivity contribution in [2.75, 3.05) is 23.7 Å². The van der Waals surface area contributed by atoms with Crippen LogP contribution in [0.1, 0.15) is 0 Å². The van der Waals surface area contributed by atoms with Crippen molar-refractivity contribution in [2.45, 2.75) is 0 Å². The van der Waals surface area contributed by atoms with Crippen LogP contribution in [-0.2, 0) is 7.05 Å². The molecule has 7 nitrogen and oxygen atoms in total. The molecule has 0 aliphatic rings. The number of nitrogens with zero attached hydrogens (tertiary/aromatic N) is 4. The molecule has 2 heterocycles. The fourth-order valence-corrected chi connectivity index (χ4v) is 2.03. The van der Waals surface area contributed by atoms with Crippen molar-refractivity contribution in [2.24, 2.45) is 12.8 Å². The molecule has 0 fully saturated rings. The molecule has 0 unspecified atom stereocenters. The summed E-state index contributed by atoms with van der Waals surface area (Å²) in [6, 6.07) is 6.04. The number of hydrogen-bond donors (Lipinski definition) is 3. The van der Waals surface area contributed by atoms with Crippen LogP contribution in [0.5, 0.6) is 0 Å². The summed E-state index contributed by atoms with van der Waals surface area (Å²) in [6.07, 6.45) is 1.67. The Labute approximate surface area is 126 Å². The summed E-state index contributed by atoms with van der Waals surface area (Å²) in [5.74, 6) is 0.726. The van der Waals surface area contributed by atoms with Gasteiger partial charge in [-0.1, -0.05) is 0 Å². The molecule has 0 amide bonds. The molecule has 4 N–H and O–H groups in total. The fourth-order valence-electron chi connectivity index (χ4n) is 2.03. The zero-order valence-electron chi connectivity index (χ0n) is 12.0. The minimum Gasteiger partial charge on any atom is -0.353 e. The topological polar surface area (TPSA) is 93.7 Å². The molecule has 0 aliphatic carbocycles. The molecule has 8 heteroatoms. The predicted molar refractivity (Wildman–Crippen MR) is 83.5 cm³/mol. The minimum absolute atomic E-state index is 0.290. The highest BCUT2D eigenvalue weighted by Gasteiger charge is 2.12. The molecule has 0 saturated heterocycles. The molecule has 3 rings (SSSR count). The van der Waals surface area contributed by atoms with Gasteiger partial charge in [-0.3, -0.25) is 0 Å². The van der Waals surface area contributed by atoms with Crippen LogP contribution >= 0.6 is 0 Å². The Hall–Kier alpha value is -2.74. The Morgan fingerprint density at radius 3 is 2.73 bits per heavy atom. The van der Waals surface area contributed by atoms with Gasteiger partial charge in [0.25, 0.3) is 0 Å². The fraction of sp³-hybridized carbons (Fsp3) is 0.214. The maximum atomic E-state index is 13.0. The van der Waals surface area contributed by atoms with E-state index < -0.39 is 0 Å². The molecule has 3 aromatic rings. The molecule has 0 bridgehead atoms. The molecule has 1 aromatic carbocycles. The number of aromatic nitrogens is 4. The highest BCUT2D eigenvalue weighted by Crippen LogP contribution is 2.23. The molecule has 0 spiro atoms. The second-order valence-electron chi connectivity index (χ2n) is 4.77. The van der Waals surface area contributed by atoms with Gasteiger partial charge in [0, 0.05) is 25.8 Å². The molecule has 22 heavy (non-hydrogen) atoms. The number of rotatable bonds is 5. The number of hydrogen-bond acceptors (Lipinski definition) is 6. The lowest BCUT2D eigenvalue weighted by Gasteiger charge is -2.09. The van der Waals surface area contributed by atoms with Crippen molar-refractivity contribution in [3.8, 4) is 0 Å². The second-order valence-corrected chi connectivity index (χ2v) is 4.77. The van der Waals surface area contributed by atoms with E-state index in [2.05, 4.69) is 25.6 Å². The monoisotopic (exact) mass is 301 g/mol. The van der Waals surface area contributed by atoms with Gasteiger partial charge in [0.15, 0.2) is 17.0 Å². The second kappa shape index (κ2) is 5.94. The van der Waals surface area contributed by atoms with Crippen LogP contribution in [0, 0.1) is 5.82 Å². The lowest BCUT2D eigenvalue weighted by atomic mass is 10.3. The van der Waals surface area contributed by atoms with Crippen molar-refractivity contribution in [3.05, 3.63) is 36.4 Å². The number of anilines is 3. The molecule has 114 valence electrons. The van der Waals surface area contributed by atoms with Gasteiger partial charge in [-0.25, -0.2) is 9.37 Å². The number of halogens is 1. The standard InChI is InChI=1S/C14H16FN7/c1-22-8-18-11-12(19-10-4-2-9(15)3-5-10)20-14(17-7-6-16)21-13(11)22/h2-5,8H,6-7,16H2,1H3,(H2,17,19,20,21). The van der Waals surface area contributed by atoms with Crippen molar-refractivity contribution in [3.63, 3.8) is 0 Å². The van der Waals surface area contributed by atoms with Crippen LogP contribution in [0.2, 0.25) is 0 Å². The number of benzene rings is 1. The summed E-state index contributed by atoms with van der Waals surface area (Å²) in [6.45, 7) is 1.05. The van der Waals surface area contributed by atoms with Crippen LogP contribution in [0.25, 0.3) is 11.2 Å². The SMILES string of the molecule is Cn1cnc2c(Nc3ccc(F)cc3)nc(NCCN)nc21. The Bertz CT molecular complexity index is 782. The van der Waals surface area contributed by atoms with Gasteiger partial charge in [0.05, 0.1) is 6.33 Å². The zero-order chi connectivity index (χ0) is 15.5. The first-order valence-corrected chi connectivity index (χ1v) is 6.83. The van der Waals surface area contributed by atoms with E-state index in [1.807, 2.05) is 7.05 Å². The van der Waals surface area contributed by atoms with E-state index in [0.717, 1.165) is 5.69 Å². The first-order valence-electron chi connectivity index (χ1n) is 6.83. The Balaban J connectivity index is 2.00. The molecule has 0 radical (unpaired) electrons. The Kier molecular flexibility index (Phi) is 3.84. The average molecular weight is 301 g/mol. The maximum Gasteiger partial charge on any atom is 0.226 e. The minimum atomic E-state index is -0.290. The van der Waals surface area contributed by atoms with E-state index in [4.69, 9.17) is 5.73 Å². The molecule has 0 atom stereocenters. The van der Waals surface area contributed by atoms with Gasteiger partial charge >= 0.3 is 0 Å². The van der Waals surface area contributed by atoms with E-state index >= 15 is 0 Å². The quantitative estimate of drug-likeness (QED) is 0.663. The Morgan fingerprint density at radius 2 is 2.00 bits per heavy atom. The number of fused-ring (bicyclic) bond motifs is 1. The number of aryl methyl sites for hydroxylation is 1. The maximum absolute atomic E-state index is 13.0. The first kappa shape index (κ1) is 14.2. The summed E-state index contributed by atoms with van der Waals surface area (Å²) < 4.78 is 14.8. The number of nitrogens with one attached hydrogen (secondary N) is 2. The van der Waals surface area contributed by atoms with Gasteiger partial charge in [-0.2, -0.15) is 9.97 Å². The molecular formula is C14H16FN7. The molecular weight excluding hydrogens is 285 g/mol. The van der Waals surface area contributed by atoms with Crippen molar-refractivity contribution in [1.82, 2.24) is 19.5 Å². The van der Waals surface area contributed by atoms with Gasteiger partial charge in [0.2, 0.25) is 5.95 Å². The van der Waals surface area contributed by atoms with E-state index in [9.17, 15) is 4.39 Å². The largest absolute Gasteiger partial charge is 0.353 e. The summed E-state index contributed by atoms with van der Waals surface area (Å²) in [7, 11) is 1.86. The molecule has 2 aromatic heterocycles. The average Bonchev–Trinajstić information content (AvgIpc) is 2.89. The highest BCUT2D eigenvalue weighted by molar-refractivity contribution is 5.86. The number of imidazole rings is 1. The lowest BCUT2D eigenvalue weighted by Crippen LogP contribution is -2.15. The van der Waals surface area contributed by atoms with Crippen LogP contribution in [0.3, 0.4) is 0 Å². The third-order valence-electron chi connectivity index (χ3n) is 3.09. The summed E-state index contributed by atoms with van der Waals surface area (Å²) in [5.41, 5.74) is 7.54. The van der Waals surface area contributed by atoms with Gasteiger partial charge in [-0.05, 0) is 24.3 Å².